The van der Waals surface area contributed by atoms with Crippen LogP contribution in [-0.4, -0.2) is 11.0 Å². The molecular formula is C10H12ClFIN. The van der Waals surface area contributed by atoms with Crippen molar-refractivity contribution < 1.29 is 4.39 Å². The largest absolute Gasteiger partial charge is 0.313 e. The van der Waals surface area contributed by atoms with Gasteiger partial charge in [0.1, 0.15) is 5.82 Å². The lowest BCUT2D eigenvalue weighted by Gasteiger charge is -2.05. The Labute approximate surface area is 102 Å². The summed E-state index contributed by atoms with van der Waals surface area (Å²) in [6, 6.07) is 4.49. The molecule has 0 unspecified atom stereocenters. The van der Waals surface area contributed by atoms with Crippen molar-refractivity contribution in [2.45, 2.75) is 13.0 Å². The molecule has 1 aromatic rings. The molecule has 0 aliphatic heterocycles. The second-order valence-corrected chi connectivity index (χ2v) is 4.44. The van der Waals surface area contributed by atoms with E-state index in [0.29, 0.717) is 11.6 Å². The van der Waals surface area contributed by atoms with Crippen molar-refractivity contribution in [1.82, 2.24) is 5.32 Å². The van der Waals surface area contributed by atoms with Gasteiger partial charge in [0.05, 0.1) is 0 Å². The van der Waals surface area contributed by atoms with Crippen molar-refractivity contribution in [2.24, 2.45) is 0 Å². The minimum Gasteiger partial charge on any atom is -0.313 e. The second-order valence-electron chi connectivity index (χ2n) is 2.96. The molecule has 14 heavy (non-hydrogen) atoms. The van der Waals surface area contributed by atoms with E-state index in [1.807, 2.05) is 0 Å². The summed E-state index contributed by atoms with van der Waals surface area (Å²) in [5.41, 5.74) is 0.946. The fourth-order valence-corrected chi connectivity index (χ4v) is 1.70. The lowest BCUT2D eigenvalue weighted by molar-refractivity contribution is 0.625. The molecule has 1 aromatic carbocycles. The highest BCUT2D eigenvalue weighted by molar-refractivity contribution is 14.1. The molecule has 0 fully saturated rings. The molecule has 0 aliphatic rings. The SMILES string of the molecule is Fc1ccc(CNCCCI)c(Cl)c1. The van der Waals surface area contributed by atoms with Gasteiger partial charge in [0.2, 0.25) is 0 Å². The smallest absolute Gasteiger partial charge is 0.124 e. The maximum absolute atomic E-state index is 12.7. The third kappa shape index (κ3) is 4.11. The Balaban J connectivity index is 2.42. The molecule has 1 rings (SSSR count). The number of alkyl halides is 1. The Hall–Kier alpha value is 0.130. The molecule has 1 N–H and O–H groups in total. The van der Waals surface area contributed by atoms with Crippen LogP contribution in [0.4, 0.5) is 4.39 Å². The summed E-state index contributed by atoms with van der Waals surface area (Å²) in [6.45, 7) is 1.67. The quantitative estimate of drug-likeness (QED) is 0.496. The summed E-state index contributed by atoms with van der Waals surface area (Å²) < 4.78 is 13.8. The first-order valence-corrected chi connectivity index (χ1v) is 6.35. The zero-order valence-electron chi connectivity index (χ0n) is 7.69. The van der Waals surface area contributed by atoms with Crippen LogP contribution in [0, 0.1) is 5.82 Å². The average molecular weight is 328 g/mol. The molecule has 0 amide bonds. The van der Waals surface area contributed by atoms with E-state index in [9.17, 15) is 4.39 Å². The highest BCUT2D eigenvalue weighted by Crippen LogP contribution is 2.16. The molecule has 0 aliphatic carbocycles. The van der Waals surface area contributed by atoms with Gasteiger partial charge in [-0.15, -0.1) is 0 Å². The van der Waals surface area contributed by atoms with Crippen LogP contribution in [-0.2, 0) is 6.54 Å². The number of benzene rings is 1. The van der Waals surface area contributed by atoms with Gasteiger partial charge in [0.25, 0.3) is 0 Å². The van der Waals surface area contributed by atoms with Crippen LogP contribution < -0.4 is 5.32 Å². The first-order valence-electron chi connectivity index (χ1n) is 4.44. The molecule has 0 radical (unpaired) electrons. The topological polar surface area (TPSA) is 12.0 Å². The van der Waals surface area contributed by atoms with Gasteiger partial charge in [-0.3, -0.25) is 0 Å². The van der Waals surface area contributed by atoms with Crippen LogP contribution >= 0.6 is 34.2 Å². The van der Waals surface area contributed by atoms with E-state index >= 15 is 0 Å². The van der Waals surface area contributed by atoms with Crippen molar-refractivity contribution in [3.8, 4) is 0 Å². The van der Waals surface area contributed by atoms with Crippen molar-refractivity contribution in [3.05, 3.63) is 34.6 Å². The van der Waals surface area contributed by atoms with Gasteiger partial charge in [0.15, 0.2) is 0 Å². The van der Waals surface area contributed by atoms with Gasteiger partial charge >= 0.3 is 0 Å². The minimum absolute atomic E-state index is 0.286. The molecule has 0 bridgehead atoms. The van der Waals surface area contributed by atoms with E-state index in [4.69, 9.17) is 11.6 Å². The van der Waals surface area contributed by atoms with Gasteiger partial charge in [-0.25, -0.2) is 4.39 Å². The maximum atomic E-state index is 12.7. The predicted molar refractivity (Wildman–Crippen MR) is 66.6 cm³/mol. The van der Waals surface area contributed by atoms with E-state index < -0.39 is 0 Å². The Kier molecular flexibility index (Phi) is 5.74. The Morgan fingerprint density at radius 3 is 2.86 bits per heavy atom. The number of halogens is 3. The lowest BCUT2D eigenvalue weighted by Crippen LogP contribution is -2.15. The first-order chi connectivity index (χ1) is 6.74. The van der Waals surface area contributed by atoms with Gasteiger partial charge in [-0.2, -0.15) is 0 Å². The normalized spacial score (nSPS) is 10.5. The van der Waals surface area contributed by atoms with E-state index in [2.05, 4.69) is 27.9 Å². The molecule has 0 heterocycles. The summed E-state index contributed by atoms with van der Waals surface area (Å²) in [5.74, 6) is -0.286. The zero-order chi connectivity index (χ0) is 10.4. The first kappa shape index (κ1) is 12.2. The van der Waals surface area contributed by atoms with Crippen LogP contribution in [0.25, 0.3) is 0 Å². The van der Waals surface area contributed by atoms with E-state index in [-0.39, 0.29) is 5.82 Å². The summed E-state index contributed by atoms with van der Waals surface area (Å²) in [5, 5.41) is 3.74. The van der Waals surface area contributed by atoms with Gasteiger partial charge in [0, 0.05) is 16.0 Å². The van der Waals surface area contributed by atoms with Crippen LogP contribution in [0.1, 0.15) is 12.0 Å². The third-order valence-electron chi connectivity index (χ3n) is 1.82. The molecular weight excluding hydrogens is 315 g/mol. The molecule has 0 atom stereocenters. The molecule has 0 saturated carbocycles. The summed E-state index contributed by atoms with van der Waals surface area (Å²) >= 11 is 8.20. The Morgan fingerprint density at radius 2 is 2.21 bits per heavy atom. The van der Waals surface area contributed by atoms with Crippen LogP contribution in [0.2, 0.25) is 5.02 Å². The molecule has 0 spiro atoms. The maximum Gasteiger partial charge on any atom is 0.124 e. The molecule has 1 nitrogen and oxygen atoms in total. The third-order valence-corrected chi connectivity index (χ3v) is 2.93. The summed E-state index contributed by atoms with van der Waals surface area (Å²) in [6.07, 6.45) is 1.14. The highest BCUT2D eigenvalue weighted by atomic mass is 127. The van der Waals surface area contributed by atoms with Gasteiger partial charge in [-0.1, -0.05) is 40.3 Å². The molecule has 4 heteroatoms. The second kappa shape index (κ2) is 6.58. The number of hydrogen-bond acceptors (Lipinski definition) is 1. The lowest BCUT2D eigenvalue weighted by atomic mass is 10.2. The summed E-state index contributed by atoms with van der Waals surface area (Å²) in [4.78, 5) is 0. The van der Waals surface area contributed by atoms with Crippen LogP contribution in [0.3, 0.4) is 0 Å². The van der Waals surface area contributed by atoms with E-state index in [0.717, 1.165) is 23.0 Å². The predicted octanol–water partition coefficient (Wildman–Crippen LogP) is 3.39. The minimum atomic E-state index is -0.286. The number of rotatable bonds is 5. The van der Waals surface area contributed by atoms with E-state index in [1.54, 1.807) is 6.07 Å². The van der Waals surface area contributed by atoms with E-state index in [1.165, 1.54) is 12.1 Å². The van der Waals surface area contributed by atoms with Crippen molar-refractivity contribution in [3.63, 3.8) is 0 Å². The zero-order valence-corrected chi connectivity index (χ0v) is 10.6. The number of nitrogens with one attached hydrogen (secondary N) is 1. The molecule has 78 valence electrons. The standard InChI is InChI=1S/C10H12ClFIN/c11-10-6-9(12)3-2-8(10)7-14-5-1-4-13/h2-3,6,14H,1,4-5,7H2. The van der Waals surface area contributed by atoms with Crippen LogP contribution in [0.15, 0.2) is 18.2 Å². The fourth-order valence-electron chi connectivity index (χ4n) is 1.08. The fraction of sp³-hybridized carbons (Fsp3) is 0.400. The van der Waals surface area contributed by atoms with Crippen molar-refractivity contribution >= 4 is 34.2 Å². The van der Waals surface area contributed by atoms with Gasteiger partial charge in [-0.05, 0) is 30.7 Å². The molecule has 0 aromatic heterocycles. The van der Waals surface area contributed by atoms with Crippen molar-refractivity contribution in [1.29, 1.82) is 0 Å². The molecule has 0 saturated heterocycles. The van der Waals surface area contributed by atoms with Gasteiger partial charge < -0.3 is 5.32 Å². The Bertz CT molecular complexity index is 293. The monoisotopic (exact) mass is 327 g/mol. The van der Waals surface area contributed by atoms with Crippen LogP contribution in [0.5, 0.6) is 0 Å². The average Bonchev–Trinajstić information content (AvgIpc) is 2.15. The van der Waals surface area contributed by atoms with Crippen molar-refractivity contribution in [2.75, 3.05) is 11.0 Å². The number of hydrogen-bond donors (Lipinski definition) is 1. The Morgan fingerprint density at radius 1 is 1.43 bits per heavy atom. The summed E-state index contributed by atoms with van der Waals surface area (Å²) in [7, 11) is 0. The highest BCUT2D eigenvalue weighted by Gasteiger charge is 2.00.